The van der Waals surface area contributed by atoms with Gasteiger partial charge in [-0.05, 0) is 36.2 Å². The van der Waals surface area contributed by atoms with Crippen LogP contribution in [0.4, 0.5) is 0 Å². The Balaban J connectivity index is 1.71. The normalized spacial score (nSPS) is 10.9. The molecule has 0 saturated carbocycles. The van der Waals surface area contributed by atoms with Crippen molar-refractivity contribution in [1.82, 2.24) is 10.4 Å². The zero-order chi connectivity index (χ0) is 24.3. The highest BCUT2D eigenvalue weighted by molar-refractivity contribution is 6.02. The van der Waals surface area contributed by atoms with Gasteiger partial charge in [-0.3, -0.25) is 4.79 Å². The highest BCUT2D eigenvalue weighted by Gasteiger charge is 2.14. The van der Waals surface area contributed by atoms with Crippen LogP contribution < -0.4 is 14.9 Å². The largest absolute Gasteiger partial charge is 0.493 e. The summed E-state index contributed by atoms with van der Waals surface area (Å²) in [6.07, 6.45) is 3.55. The van der Waals surface area contributed by atoms with Crippen molar-refractivity contribution < 1.29 is 19.0 Å². The number of fused-ring (bicyclic) bond motifs is 1. The molecular formula is C26H28N4O4. The van der Waals surface area contributed by atoms with Crippen molar-refractivity contribution in [1.29, 1.82) is 5.26 Å². The third-order valence-corrected chi connectivity index (χ3v) is 5.02. The lowest BCUT2D eigenvalue weighted by molar-refractivity contribution is -0.123. The molecule has 0 spiro atoms. The van der Waals surface area contributed by atoms with E-state index in [1.54, 1.807) is 26.3 Å². The molecule has 34 heavy (non-hydrogen) atoms. The number of unbranched alkanes of at least 4 members (excludes halogenated alkanes) is 1. The Morgan fingerprint density at radius 1 is 1.24 bits per heavy atom. The molecule has 1 N–H and O–H groups in total. The number of hydrogen-bond donors (Lipinski definition) is 1. The van der Waals surface area contributed by atoms with Gasteiger partial charge in [-0.2, -0.15) is 10.4 Å². The Morgan fingerprint density at radius 2 is 2.06 bits per heavy atom. The third-order valence-electron chi connectivity index (χ3n) is 5.02. The summed E-state index contributed by atoms with van der Waals surface area (Å²) in [6, 6.07) is 15.6. The van der Waals surface area contributed by atoms with Gasteiger partial charge >= 0.3 is 0 Å². The predicted octanol–water partition coefficient (Wildman–Crippen LogP) is 4.27. The molecule has 176 valence electrons. The number of nitriles is 1. The van der Waals surface area contributed by atoms with Gasteiger partial charge in [0, 0.05) is 23.9 Å². The third kappa shape index (κ3) is 6.30. The van der Waals surface area contributed by atoms with Crippen LogP contribution in [0.2, 0.25) is 0 Å². The van der Waals surface area contributed by atoms with Crippen LogP contribution in [0, 0.1) is 18.3 Å². The second-order valence-corrected chi connectivity index (χ2v) is 7.63. The van der Waals surface area contributed by atoms with Gasteiger partial charge < -0.3 is 14.2 Å². The van der Waals surface area contributed by atoms with Crippen LogP contribution in [-0.4, -0.2) is 37.4 Å². The van der Waals surface area contributed by atoms with E-state index in [0.717, 1.165) is 29.2 Å². The van der Waals surface area contributed by atoms with E-state index in [4.69, 9.17) is 14.2 Å². The van der Waals surface area contributed by atoms with Gasteiger partial charge in [-0.1, -0.05) is 43.7 Å². The van der Waals surface area contributed by atoms with Gasteiger partial charge in [0.25, 0.3) is 5.91 Å². The minimum absolute atomic E-state index is 0.0920. The smallest absolute Gasteiger partial charge is 0.278 e. The van der Waals surface area contributed by atoms with E-state index < -0.39 is 5.91 Å². The fraction of sp³-hybridized carbons (Fsp3) is 0.308. The molecule has 1 amide bonds. The summed E-state index contributed by atoms with van der Waals surface area (Å²) in [6.45, 7) is 4.39. The molecule has 0 saturated heterocycles. The monoisotopic (exact) mass is 460 g/mol. The number of carbonyl (C=O) groups excluding carboxylic acids is 1. The van der Waals surface area contributed by atoms with Crippen LogP contribution in [0.5, 0.6) is 11.6 Å². The van der Waals surface area contributed by atoms with Crippen molar-refractivity contribution in [3.8, 4) is 17.7 Å². The number of aryl methyl sites for hydroxylation is 1. The number of pyridine rings is 1. The molecule has 8 nitrogen and oxygen atoms in total. The molecule has 0 aliphatic rings. The molecule has 1 aromatic heterocycles. The van der Waals surface area contributed by atoms with Crippen molar-refractivity contribution in [2.75, 3.05) is 20.3 Å². The first-order valence-corrected chi connectivity index (χ1v) is 11.1. The topological polar surface area (TPSA) is 106 Å². The van der Waals surface area contributed by atoms with E-state index in [-0.39, 0.29) is 24.7 Å². The number of benzene rings is 2. The van der Waals surface area contributed by atoms with Crippen LogP contribution in [0.25, 0.3) is 10.8 Å². The molecule has 8 heteroatoms. The van der Waals surface area contributed by atoms with Crippen LogP contribution in [0.1, 0.15) is 42.1 Å². The maximum Gasteiger partial charge on any atom is 0.278 e. The minimum atomic E-state index is -0.481. The lowest BCUT2D eigenvalue weighted by Gasteiger charge is -2.12. The van der Waals surface area contributed by atoms with Crippen molar-refractivity contribution in [3.05, 3.63) is 64.8 Å². The van der Waals surface area contributed by atoms with E-state index in [1.165, 1.54) is 0 Å². The number of methoxy groups -OCH3 is 1. The zero-order valence-corrected chi connectivity index (χ0v) is 19.6. The Bertz CT molecular complexity index is 1220. The predicted molar refractivity (Wildman–Crippen MR) is 130 cm³/mol. The maximum absolute atomic E-state index is 12.3. The van der Waals surface area contributed by atoms with Crippen LogP contribution in [-0.2, 0) is 16.1 Å². The number of hydrazone groups is 1. The molecule has 1 heterocycles. The molecule has 0 radical (unpaired) electrons. The van der Waals surface area contributed by atoms with Crippen molar-refractivity contribution in [2.45, 2.75) is 33.3 Å². The van der Waals surface area contributed by atoms with E-state index in [9.17, 15) is 10.1 Å². The summed E-state index contributed by atoms with van der Waals surface area (Å²) >= 11 is 0. The van der Waals surface area contributed by atoms with Gasteiger partial charge in [0.1, 0.15) is 17.4 Å². The fourth-order valence-electron chi connectivity index (χ4n) is 3.40. The summed E-state index contributed by atoms with van der Waals surface area (Å²) in [5.41, 5.74) is 4.80. The number of amides is 1. The number of rotatable bonds is 11. The first-order chi connectivity index (χ1) is 16.6. The molecule has 2 aromatic carbocycles. The van der Waals surface area contributed by atoms with Gasteiger partial charge in [0.15, 0.2) is 6.61 Å². The zero-order valence-electron chi connectivity index (χ0n) is 19.6. The molecule has 3 aromatic rings. The van der Waals surface area contributed by atoms with Gasteiger partial charge in [-0.15, -0.1) is 0 Å². The number of ether oxygens (including phenoxy) is 3. The van der Waals surface area contributed by atoms with Crippen molar-refractivity contribution in [3.63, 3.8) is 0 Å². The highest BCUT2D eigenvalue weighted by Crippen LogP contribution is 2.27. The highest BCUT2D eigenvalue weighted by atomic mass is 16.5. The molecule has 0 aliphatic carbocycles. The Kier molecular flexibility index (Phi) is 8.95. The maximum atomic E-state index is 12.3. The quantitative estimate of drug-likeness (QED) is 0.260. The van der Waals surface area contributed by atoms with E-state index in [2.05, 4.69) is 28.5 Å². The number of aromatic nitrogens is 1. The van der Waals surface area contributed by atoms with Crippen LogP contribution >= 0.6 is 0 Å². The Morgan fingerprint density at radius 3 is 2.82 bits per heavy atom. The summed E-state index contributed by atoms with van der Waals surface area (Å²) < 4.78 is 16.6. The Labute approximate surface area is 199 Å². The van der Waals surface area contributed by atoms with Crippen molar-refractivity contribution >= 4 is 22.9 Å². The number of nitrogens with one attached hydrogen (secondary N) is 1. The molecule has 3 rings (SSSR count). The fourth-order valence-corrected chi connectivity index (χ4v) is 3.40. The van der Waals surface area contributed by atoms with Gasteiger partial charge in [-0.25, -0.2) is 10.4 Å². The lowest BCUT2D eigenvalue weighted by Crippen LogP contribution is -2.25. The lowest BCUT2D eigenvalue weighted by atomic mass is 10.0. The summed E-state index contributed by atoms with van der Waals surface area (Å²) in [7, 11) is 1.54. The summed E-state index contributed by atoms with van der Waals surface area (Å²) in [5, 5.41) is 15.6. The van der Waals surface area contributed by atoms with Gasteiger partial charge in [0.05, 0.1) is 19.4 Å². The van der Waals surface area contributed by atoms with Crippen molar-refractivity contribution in [2.24, 2.45) is 5.10 Å². The van der Waals surface area contributed by atoms with Gasteiger partial charge in [0.2, 0.25) is 5.88 Å². The number of hydrogen-bond acceptors (Lipinski definition) is 7. The molecule has 0 unspecified atom stereocenters. The molecule has 0 fully saturated rings. The molecular weight excluding hydrogens is 432 g/mol. The number of nitrogens with zero attached hydrogens (tertiary/aromatic N) is 3. The standard InChI is InChI=1S/C26H28N4O4/c1-4-5-12-33-24-11-10-19-8-6-7-9-21(19)23(24)15-28-30-25(31)17-34-26-22(14-27)20(16-32-3)13-18(2)29-26/h6-11,13,15H,4-5,12,16-17H2,1-3H3,(H,30,31)/b28-15+. The minimum Gasteiger partial charge on any atom is -0.493 e. The first kappa shape index (κ1) is 24.7. The second kappa shape index (κ2) is 12.3. The molecule has 0 bridgehead atoms. The van der Waals surface area contributed by atoms with E-state index in [1.807, 2.05) is 36.4 Å². The van der Waals surface area contributed by atoms with Crippen LogP contribution in [0.15, 0.2) is 47.6 Å². The SMILES string of the molecule is CCCCOc1ccc2ccccc2c1/C=N/NC(=O)COc1nc(C)cc(COC)c1C#N. The average Bonchev–Trinajstić information content (AvgIpc) is 2.84. The summed E-state index contributed by atoms with van der Waals surface area (Å²) in [5.74, 6) is 0.314. The van der Waals surface area contributed by atoms with E-state index >= 15 is 0 Å². The second-order valence-electron chi connectivity index (χ2n) is 7.63. The Hall–Kier alpha value is -3.96. The molecule has 0 atom stereocenters. The number of carbonyl (C=O) groups is 1. The van der Waals surface area contributed by atoms with Crippen LogP contribution in [0.3, 0.4) is 0 Å². The first-order valence-electron chi connectivity index (χ1n) is 11.1. The average molecular weight is 461 g/mol. The van der Waals surface area contributed by atoms with E-state index in [0.29, 0.717) is 23.6 Å². The molecule has 0 aliphatic heterocycles. The summed E-state index contributed by atoms with van der Waals surface area (Å²) in [4.78, 5) is 16.6.